The van der Waals surface area contributed by atoms with Crippen LogP contribution in [-0.4, -0.2) is 33.7 Å². The lowest BCUT2D eigenvalue weighted by Gasteiger charge is -2.37. The Morgan fingerprint density at radius 2 is 1.85 bits per heavy atom. The molecule has 1 aliphatic rings. The number of ketones is 2. The molecule has 1 saturated carbocycles. The largest absolute Gasteiger partial charge is 0.481 e. The third-order valence-corrected chi connectivity index (χ3v) is 3.62. The molecule has 6 nitrogen and oxygen atoms in total. The summed E-state index contributed by atoms with van der Waals surface area (Å²) in [5, 5.41) is 18.4. The van der Waals surface area contributed by atoms with Crippen LogP contribution in [0.2, 0.25) is 0 Å². The fourth-order valence-electron chi connectivity index (χ4n) is 2.65. The molecule has 1 rings (SSSR count). The molecule has 6 heteroatoms. The van der Waals surface area contributed by atoms with Gasteiger partial charge in [-0.25, -0.2) is 0 Å². The summed E-state index contributed by atoms with van der Waals surface area (Å²) in [6.07, 6.45) is 1.71. The Labute approximate surface area is 115 Å². The molecule has 0 aromatic rings. The standard InChI is InChI=1S/C14H16O6/c1-3-5-8-10(12(17)18)9(15)7-14(6-4-2,11(8)16)13(19)20/h3-4,8,10H,1-2,5-7H2,(H,17,18)(H,19,20). The Balaban J connectivity index is 3.35. The number of aliphatic carboxylic acids is 2. The van der Waals surface area contributed by atoms with Crippen molar-refractivity contribution in [2.75, 3.05) is 0 Å². The molecular weight excluding hydrogens is 264 g/mol. The van der Waals surface area contributed by atoms with E-state index in [9.17, 15) is 24.3 Å². The molecule has 0 radical (unpaired) electrons. The van der Waals surface area contributed by atoms with Crippen LogP contribution >= 0.6 is 0 Å². The zero-order chi connectivity index (χ0) is 15.5. The number of hydrogen-bond donors (Lipinski definition) is 2. The molecule has 0 bridgehead atoms. The van der Waals surface area contributed by atoms with Gasteiger partial charge in [0.15, 0.2) is 5.78 Å². The number of carbonyl (C=O) groups is 4. The maximum Gasteiger partial charge on any atom is 0.317 e. The van der Waals surface area contributed by atoms with Crippen LogP contribution in [0.25, 0.3) is 0 Å². The first-order valence-electron chi connectivity index (χ1n) is 6.06. The Bertz CT molecular complexity index is 492. The Kier molecular flexibility index (Phi) is 4.60. The zero-order valence-corrected chi connectivity index (χ0v) is 10.9. The van der Waals surface area contributed by atoms with Gasteiger partial charge in [0.2, 0.25) is 0 Å². The molecule has 108 valence electrons. The van der Waals surface area contributed by atoms with Crippen LogP contribution in [0.15, 0.2) is 25.3 Å². The molecule has 0 amide bonds. The van der Waals surface area contributed by atoms with E-state index >= 15 is 0 Å². The van der Waals surface area contributed by atoms with E-state index in [-0.39, 0.29) is 12.8 Å². The highest BCUT2D eigenvalue weighted by Gasteiger charge is 2.57. The molecule has 20 heavy (non-hydrogen) atoms. The predicted molar refractivity (Wildman–Crippen MR) is 68.9 cm³/mol. The van der Waals surface area contributed by atoms with Gasteiger partial charge in [0, 0.05) is 12.3 Å². The lowest BCUT2D eigenvalue weighted by Crippen LogP contribution is -2.54. The second-order valence-electron chi connectivity index (χ2n) is 4.83. The highest BCUT2D eigenvalue weighted by Crippen LogP contribution is 2.42. The van der Waals surface area contributed by atoms with Crippen LogP contribution in [0.1, 0.15) is 19.3 Å². The van der Waals surface area contributed by atoms with Gasteiger partial charge in [-0.2, -0.15) is 0 Å². The summed E-state index contributed by atoms with van der Waals surface area (Å²) in [6, 6.07) is 0. The van der Waals surface area contributed by atoms with Gasteiger partial charge in [0.25, 0.3) is 0 Å². The van der Waals surface area contributed by atoms with Crippen LogP contribution in [-0.2, 0) is 19.2 Å². The van der Waals surface area contributed by atoms with Gasteiger partial charge in [-0.15, -0.1) is 13.2 Å². The van der Waals surface area contributed by atoms with Gasteiger partial charge in [0.05, 0.1) is 0 Å². The SMILES string of the molecule is C=CCC1C(=O)C(CC=C)(C(=O)O)CC(=O)C1C(=O)O. The summed E-state index contributed by atoms with van der Waals surface area (Å²) in [6.45, 7) is 6.83. The van der Waals surface area contributed by atoms with E-state index in [4.69, 9.17) is 5.11 Å². The minimum absolute atomic E-state index is 0.0479. The summed E-state index contributed by atoms with van der Waals surface area (Å²) < 4.78 is 0. The number of allylic oxidation sites excluding steroid dienone is 2. The van der Waals surface area contributed by atoms with Crippen LogP contribution in [0.3, 0.4) is 0 Å². The quantitative estimate of drug-likeness (QED) is 0.556. The molecule has 1 fully saturated rings. The van der Waals surface area contributed by atoms with Crippen LogP contribution in [0.5, 0.6) is 0 Å². The second-order valence-corrected chi connectivity index (χ2v) is 4.83. The molecule has 1 aliphatic carbocycles. The van der Waals surface area contributed by atoms with Crippen molar-refractivity contribution in [2.45, 2.75) is 19.3 Å². The number of carboxylic acid groups (broad SMARTS) is 2. The highest BCUT2D eigenvalue weighted by atomic mass is 16.4. The average Bonchev–Trinajstić information content (AvgIpc) is 2.34. The predicted octanol–water partition coefficient (Wildman–Crippen LogP) is 1.07. The van der Waals surface area contributed by atoms with Gasteiger partial charge in [-0.1, -0.05) is 12.2 Å². The van der Waals surface area contributed by atoms with E-state index < -0.39 is 47.2 Å². The molecule has 0 aromatic heterocycles. The molecule has 0 aromatic carbocycles. The maximum atomic E-state index is 12.4. The third-order valence-electron chi connectivity index (χ3n) is 3.62. The van der Waals surface area contributed by atoms with Crippen LogP contribution in [0, 0.1) is 17.3 Å². The fraction of sp³-hybridized carbons (Fsp3) is 0.429. The number of carbonyl (C=O) groups excluding carboxylic acids is 2. The minimum atomic E-state index is -1.90. The first kappa shape index (κ1) is 15.8. The van der Waals surface area contributed by atoms with Crippen molar-refractivity contribution in [3.05, 3.63) is 25.3 Å². The van der Waals surface area contributed by atoms with E-state index in [0.29, 0.717) is 0 Å². The average molecular weight is 280 g/mol. The van der Waals surface area contributed by atoms with E-state index in [1.807, 2.05) is 0 Å². The van der Waals surface area contributed by atoms with Gasteiger partial charge in [0.1, 0.15) is 17.1 Å². The summed E-state index contributed by atoms with van der Waals surface area (Å²) in [4.78, 5) is 47.0. The Morgan fingerprint density at radius 3 is 2.25 bits per heavy atom. The number of hydrogen-bond acceptors (Lipinski definition) is 4. The highest BCUT2D eigenvalue weighted by molar-refractivity contribution is 6.16. The van der Waals surface area contributed by atoms with E-state index in [0.717, 1.165) is 0 Å². The maximum absolute atomic E-state index is 12.4. The monoisotopic (exact) mass is 280 g/mol. The lowest BCUT2D eigenvalue weighted by molar-refractivity contribution is -0.169. The van der Waals surface area contributed by atoms with Crippen molar-refractivity contribution >= 4 is 23.5 Å². The van der Waals surface area contributed by atoms with Gasteiger partial charge >= 0.3 is 11.9 Å². The number of carboxylic acids is 2. The smallest absolute Gasteiger partial charge is 0.317 e. The molecule has 3 unspecified atom stereocenters. The van der Waals surface area contributed by atoms with Crippen molar-refractivity contribution in [1.82, 2.24) is 0 Å². The topological polar surface area (TPSA) is 109 Å². The van der Waals surface area contributed by atoms with Crippen LogP contribution < -0.4 is 0 Å². The van der Waals surface area contributed by atoms with Crippen molar-refractivity contribution in [1.29, 1.82) is 0 Å². The van der Waals surface area contributed by atoms with E-state index in [1.165, 1.54) is 12.2 Å². The molecule has 0 aliphatic heterocycles. The number of Topliss-reactive ketones (excluding diaryl/α,β-unsaturated/α-hetero) is 2. The summed E-state index contributed by atoms with van der Waals surface area (Å²) >= 11 is 0. The molecule has 0 saturated heterocycles. The fourth-order valence-corrected chi connectivity index (χ4v) is 2.65. The molecular formula is C14H16O6. The summed E-state index contributed by atoms with van der Waals surface area (Å²) in [7, 11) is 0. The number of rotatable bonds is 6. The van der Waals surface area contributed by atoms with Gasteiger partial charge in [-0.05, 0) is 12.8 Å². The van der Waals surface area contributed by atoms with Crippen molar-refractivity contribution in [2.24, 2.45) is 17.3 Å². The summed E-state index contributed by atoms with van der Waals surface area (Å²) in [5.74, 6) is -7.01. The van der Waals surface area contributed by atoms with Crippen molar-refractivity contribution in [3.8, 4) is 0 Å². The van der Waals surface area contributed by atoms with E-state index in [1.54, 1.807) is 0 Å². The minimum Gasteiger partial charge on any atom is -0.481 e. The lowest BCUT2D eigenvalue weighted by atomic mass is 9.61. The third kappa shape index (κ3) is 2.41. The van der Waals surface area contributed by atoms with Gasteiger partial charge < -0.3 is 10.2 Å². The first-order chi connectivity index (χ1) is 9.31. The van der Waals surface area contributed by atoms with E-state index in [2.05, 4.69) is 13.2 Å². The first-order valence-corrected chi connectivity index (χ1v) is 6.06. The Morgan fingerprint density at radius 1 is 1.25 bits per heavy atom. The normalized spacial score (nSPS) is 29.8. The molecule has 2 N–H and O–H groups in total. The van der Waals surface area contributed by atoms with Crippen molar-refractivity contribution in [3.63, 3.8) is 0 Å². The Hall–Kier alpha value is -2.24. The zero-order valence-electron chi connectivity index (χ0n) is 10.9. The van der Waals surface area contributed by atoms with Crippen molar-refractivity contribution < 1.29 is 29.4 Å². The molecule has 0 spiro atoms. The molecule has 0 heterocycles. The second kappa shape index (κ2) is 5.81. The van der Waals surface area contributed by atoms with Gasteiger partial charge in [-0.3, -0.25) is 19.2 Å². The molecule has 3 atom stereocenters. The summed E-state index contributed by atoms with van der Waals surface area (Å²) in [5.41, 5.74) is -1.90. The van der Waals surface area contributed by atoms with Crippen LogP contribution in [0.4, 0.5) is 0 Å².